The highest BCUT2D eigenvalue weighted by atomic mass is 19.1. The van der Waals surface area contributed by atoms with Gasteiger partial charge in [-0.05, 0) is 55.4 Å². The number of aliphatic hydroxyl groups is 2. The SMILES string of the molecule is C=C(Nc1ccc(F)cc1C)C(=O)NCCNC(=O)[C@H]1C[C@@H]2C[C@H]1[C@@H](O)[C@H]2O. The summed E-state index contributed by atoms with van der Waals surface area (Å²) in [4.78, 5) is 24.4. The molecule has 2 amide bonds. The number of aryl methyl sites for hydroxylation is 1. The predicted octanol–water partition coefficient (Wildman–Crippen LogP) is 0.670. The van der Waals surface area contributed by atoms with E-state index in [0.717, 1.165) is 0 Å². The van der Waals surface area contributed by atoms with Crippen LogP contribution >= 0.6 is 0 Å². The van der Waals surface area contributed by atoms with Gasteiger partial charge in [-0.15, -0.1) is 0 Å². The molecule has 2 bridgehead atoms. The summed E-state index contributed by atoms with van der Waals surface area (Å²) >= 11 is 0. The average molecular weight is 391 g/mol. The maximum Gasteiger partial charge on any atom is 0.267 e. The van der Waals surface area contributed by atoms with Crippen LogP contribution in [0, 0.1) is 30.5 Å². The minimum absolute atomic E-state index is 0.0141. The van der Waals surface area contributed by atoms with Crippen LogP contribution in [0.15, 0.2) is 30.5 Å². The Morgan fingerprint density at radius 3 is 2.54 bits per heavy atom. The zero-order chi connectivity index (χ0) is 20.4. The van der Waals surface area contributed by atoms with E-state index in [2.05, 4.69) is 22.5 Å². The van der Waals surface area contributed by atoms with Crippen LogP contribution in [0.3, 0.4) is 0 Å². The van der Waals surface area contributed by atoms with E-state index in [0.29, 0.717) is 24.1 Å². The summed E-state index contributed by atoms with van der Waals surface area (Å²) in [5, 5.41) is 28.0. The van der Waals surface area contributed by atoms with E-state index in [9.17, 15) is 24.2 Å². The van der Waals surface area contributed by atoms with Crippen molar-refractivity contribution in [3.63, 3.8) is 0 Å². The van der Waals surface area contributed by atoms with E-state index >= 15 is 0 Å². The lowest BCUT2D eigenvalue weighted by Crippen LogP contribution is -2.44. The number of fused-ring (bicyclic) bond motifs is 2. The van der Waals surface area contributed by atoms with Crippen LogP contribution in [0.2, 0.25) is 0 Å². The van der Waals surface area contributed by atoms with E-state index in [1.807, 2.05) is 0 Å². The highest BCUT2D eigenvalue weighted by molar-refractivity contribution is 5.95. The van der Waals surface area contributed by atoms with E-state index < -0.39 is 18.1 Å². The number of aliphatic hydroxyl groups excluding tert-OH is 2. The molecule has 0 spiro atoms. The molecule has 2 aliphatic carbocycles. The van der Waals surface area contributed by atoms with E-state index in [1.54, 1.807) is 6.92 Å². The molecule has 0 unspecified atom stereocenters. The van der Waals surface area contributed by atoms with Gasteiger partial charge in [-0.1, -0.05) is 6.58 Å². The van der Waals surface area contributed by atoms with Crippen molar-refractivity contribution in [2.75, 3.05) is 18.4 Å². The third-order valence-corrected chi connectivity index (χ3v) is 5.71. The Bertz CT molecular complexity index is 783. The van der Waals surface area contributed by atoms with Crippen molar-refractivity contribution in [2.24, 2.45) is 17.8 Å². The summed E-state index contributed by atoms with van der Waals surface area (Å²) in [6, 6.07) is 4.18. The topological polar surface area (TPSA) is 111 Å². The van der Waals surface area contributed by atoms with Crippen molar-refractivity contribution < 1.29 is 24.2 Å². The third-order valence-electron chi connectivity index (χ3n) is 5.71. The number of amides is 2. The van der Waals surface area contributed by atoms with Crippen LogP contribution in [0.4, 0.5) is 10.1 Å². The molecule has 2 saturated carbocycles. The first-order valence-corrected chi connectivity index (χ1v) is 9.42. The second-order valence-corrected chi connectivity index (χ2v) is 7.59. The molecule has 0 radical (unpaired) electrons. The molecule has 1 aromatic carbocycles. The van der Waals surface area contributed by atoms with Crippen LogP contribution < -0.4 is 16.0 Å². The molecule has 2 aliphatic rings. The van der Waals surface area contributed by atoms with Crippen molar-refractivity contribution in [3.05, 3.63) is 41.9 Å². The van der Waals surface area contributed by atoms with Crippen LogP contribution in [0.1, 0.15) is 18.4 Å². The number of nitrogens with one attached hydrogen (secondary N) is 3. The highest BCUT2D eigenvalue weighted by Crippen LogP contribution is 2.48. The van der Waals surface area contributed by atoms with Gasteiger partial charge in [-0.3, -0.25) is 9.59 Å². The Kier molecular flexibility index (Phi) is 6.00. The van der Waals surface area contributed by atoms with Gasteiger partial charge in [0.2, 0.25) is 5.91 Å². The quantitative estimate of drug-likeness (QED) is 0.347. The molecule has 0 aromatic heterocycles. The van der Waals surface area contributed by atoms with Gasteiger partial charge in [0.15, 0.2) is 0 Å². The van der Waals surface area contributed by atoms with Gasteiger partial charge in [0, 0.05) is 24.7 Å². The first kappa shape index (κ1) is 20.3. The molecule has 8 heteroatoms. The lowest BCUT2D eigenvalue weighted by molar-refractivity contribution is -0.130. The monoisotopic (exact) mass is 391 g/mol. The normalized spacial score (nSPS) is 28.1. The number of anilines is 1. The zero-order valence-corrected chi connectivity index (χ0v) is 15.7. The molecule has 28 heavy (non-hydrogen) atoms. The lowest BCUT2D eigenvalue weighted by atomic mass is 9.84. The summed E-state index contributed by atoms with van der Waals surface area (Å²) < 4.78 is 13.1. The van der Waals surface area contributed by atoms with Gasteiger partial charge in [0.05, 0.1) is 17.9 Å². The Morgan fingerprint density at radius 1 is 1.18 bits per heavy atom. The van der Waals surface area contributed by atoms with E-state index in [-0.39, 0.29) is 48.3 Å². The maximum atomic E-state index is 13.1. The molecule has 2 fully saturated rings. The Hall–Kier alpha value is -2.45. The Morgan fingerprint density at radius 2 is 1.89 bits per heavy atom. The molecule has 7 nitrogen and oxygen atoms in total. The second kappa shape index (κ2) is 8.28. The smallest absolute Gasteiger partial charge is 0.267 e. The first-order chi connectivity index (χ1) is 13.3. The molecular formula is C20H26FN3O4. The van der Waals surface area contributed by atoms with Crippen LogP contribution in [-0.4, -0.2) is 47.3 Å². The summed E-state index contributed by atoms with van der Waals surface area (Å²) in [7, 11) is 0. The number of halogens is 1. The van der Waals surface area contributed by atoms with Crippen molar-refractivity contribution >= 4 is 17.5 Å². The molecule has 0 heterocycles. The van der Waals surface area contributed by atoms with Crippen LogP contribution in [0.25, 0.3) is 0 Å². The van der Waals surface area contributed by atoms with Crippen molar-refractivity contribution in [1.82, 2.24) is 10.6 Å². The summed E-state index contributed by atoms with van der Waals surface area (Å²) in [5.41, 5.74) is 1.36. The van der Waals surface area contributed by atoms with Gasteiger partial charge in [-0.25, -0.2) is 4.39 Å². The summed E-state index contributed by atoms with van der Waals surface area (Å²) in [5.74, 6) is -1.44. The van der Waals surface area contributed by atoms with Crippen molar-refractivity contribution in [2.45, 2.75) is 32.0 Å². The number of rotatable bonds is 7. The molecule has 5 atom stereocenters. The average Bonchev–Trinajstić information content (AvgIpc) is 3.21. The summed E-state index contributed by atoms with van der Waals surface area (Å²) in [6.07, 6.45) is -0.306. The second-order valence-electron chi connectivity index (χ2n) is 7.59. The lowest BCUT2D eigenvalue weighted by Gasteiger charge is -2.28. The fourth-order valence-corrected chi connectivity index (χ4v) is 4.19. The summed E-state index contributed by atoms with van der Waals surface area (Å²) in [6.45, 7) is 5.87. The number of benzene rings is 1. The minimum atomic E-state index is -0.835. The van der Waals surface area contributed by atoms with Gasteiger partial charge in [-0.2, -0.15) is 0 Å². The van der Waals surface area contributed by atoms with Crippen LogP contribution in [-0.2, 0) is 9.59 Å². The van der Waals surface area contributed by atoms with E-state index in [1.165, 1.54) is 18.2 Å². The predicted molar refractivity (Wildman–Crippen MR) is 102 cm³/mol. The highest BCUT2D eigenvalue weighted by Gasteiger charge is 2.53. The number of carbonyl (C=O) groups excluding carboxylic acids is 2. The van der Waals surface area contributed by atoms with Gasteiger partial charge in [0.1, 0.15) is 5.82 Å². The fraction of sp³-hybridized carbons (Fsp3) is 0.500. The molecule has 3 rings (SSSR count). The van der Waals surface area contributed by atoms with Gasteiger partial charge >= 0.3 is 0 Å². The minimum Gasteiger partial charge on any atom is -0.390 e. The molecule has 0 saturated heterocycles. The molecule has 1 aromatic rings. The van der Waals surface area contributed by atoms with Crippen molar-refractivity contribution in [1.29, 1.82) is 0 Å². The van der Waals surface area contributed by atoms with Gasteiger partial charge in [0.25, 0.3) is 5.91 Å². The Labute approximate surface area is 163 Å². The van der Waals surface area contributed by atoms with Crippen LogP contribution in [0.5, 0.6) is 0 Å². The standard InChI is InChI=1S/C20H26FN3O4/c1-10-7-13(21)3-4-16(10)24-11(2)19(27)22-5-6-23-20(28)15-9-12-8-14(15)18(26)17(12)25/h3-4,7,12,14-15,17-18,24-26H,2,5-6,8-9H2,1H3,(H,22,27)(H,23,28)/t12-,14+,15-,17-,18+/m0/s1. The maximum absolute atomic E-state index is 13.1. The molecule has 152 valence electrons. The van der Waals surface area contributed by atoms with E-state index in [4.69, 9.17) is 0 Å². The largest absolute Gasteiger partial charge is 0.390 e. The molecular weight excluding hydrogens is 365 g/mol. The fourth-order valence-electron chi connectivity index (χ4n) is 4.19. The zero-order valence-electron chi connectivity index (χ0n) is 15.7. The van der Waals surface area contributed by atoms with Crippen molar-refractivity contribution in [3.8, 4) is 0 Å². The first-order valence-electron chi connectivity index (χ1n) is 9.42. The molecule has 0 aliphatic heterocycles. The number of hydrogen-bond acceptors (Lipinski definition) is 5. The number of carbonyl (C=O) groups is 2. The molecule has 5 N–H and O–H groups in total. The van der Waals surface area contributed by atoms with Gasteiger partial charge < -0.3 is 26.2 Å². The third kappa shape index (κ3) is 4.18. The number of hydrogen-bond donors (Lipinski definition) is 5. The Balaban J connectivity index is 1.38.